The van der Waals surface area contributed by atoms with Crippen LogP contribution in [0.3, 0.4) is 0 Å². The molecule has 3 aromatic rings. The minimum Gasteiger partial charge on any atom is -0.478 e. The number of pyridine rings is 1. The number of aromatic nitrogens is 3. The summed E-state index contributed by atoms with van der Waals surface area (Å²) in [7, 11) is 3.30. The summed E-state index contributed by atoms with van der Waals surface area (Å²) < 4.78 is 8.68. The molecular weight excluding hydrogens is 460 g/mol. The van der Waals surface area contributed by atoms with Crippen LogP contribution in [0.5, 0.6) is 5.75 Å². The Morgan fingerprint density at radius 1 is 1.00 bits per heavy atom. The standard InChI is InChI=1S/C23H27ClN6O4/c1-27-18-7-8-19(26-22(18)28(2)23(27)33)25-20(31)9-10-21(32)30-13-11-29(12-14-30)15-34-17-5-3-16(24)4-6-17/h3-8H,9-15H2,1-2H3,(H,25,26,31). The topological polar surface area (TPSA) is 102 Å². The van der Waals surface area contributed by atoms with Gasteiger partial charge in [0.25, 0.3) is 0 Å². The Balaban J connectivity index is 1.20. The normalized spacial score (nSPS) is 14.4. The molecule has 2 amide bonds. The second kappa shape index (κ2) is 10.3. The first-order valence-electron chi connectivity index (χ1n) is 11.0. The van der Waals surface area contributed by atoms with Crippen LogP contribution in [-0.4, -0.2) is 68.6 Å². The third kappa shape index (κ3) is 5.40. The molecule has 0 spiro atoms. The first-order valence-corrected chi connectivity index (χ1v) is 11.4. The second-order valence-electron chi connectivity index (χ2n) is 8.21. The third-order valence-corrected chi connectivity index (χ3v) is 6.15. The van der Waals surface area contributed by atoms with Gasteiger partial charge >= 0.3 is 5.69 Å². The molecule has 1 aromatic carbocycles. The molecule has 1 fully saturated rings. The van der Waals surface area contributed by atoms with E-state index in [9.17, 15) is 14.4 Å². The number of rotatable bonds is 7. The van der Waals surface area contributed by atoms with E-state index in [1.54, 1.807) is 43.3 Å². The van der Waals surface area contributed by atoms with Crippen molar-refractivity contribution in [1.29, 1.82) is 0 Å². The first-order chi connectivity index (χ1) is 16.3. The van der Waals surface area contributed by atoms with E-state index < -0.39 is 0 Å². The molecule has 3 heterocycles. The Labute approximate surface area is 201 Å². The van der Waals surface area contributed by atoms with E-state index in [0.29, 0.717) is 54.9 Å². The van der Waals surface area contributed by atoms with Crippen LogP contribution in [0.4, 0.5) is 5.82 Å². The molecule has 1 saturated heterocycles. The van der Waals surface area contributed by atoms with Gasteiger partial charge in [0.1, 0.15) is 18.3 Å². The van der Waals surface area contributed by atoms with Crippen molar-refractivity contribution in [3.8, 4) is 5.75 Å². The van der Waals surface area contributed by atoms with Crippen LogP contribution in [0.15, 0.2) is 41.2 Å². The lowest BCUT2D eigenvalue weighted by atomic mass is 10.2. The van der Waals surface area contributed by atoms with Crippen molar-refractivity contribution >= 4 is 40.4 Å². The number of halogens is 1. The predicted octanol–water partition coefficient (Wildman–Crippen LogP) is 1.82. The number of carbonyl (C=O) groups excluding carboxylic acids is 2. The van der Waals surface area contributed by atoms with Crippen LogP contribution in [0, 0.1) is 0 Å². The molecule has 4 rings (SSSR count). The van der Waals surface area contributed by atoms with Gasteiger partial charge in [0.2, 0.25) is 11.8 Å². The van der Waals surface area contributed by atoms with Crippen molar-refractivity contribution in [2.24, 2.45) is 14.1 Å². The lowest BCUT2D eigenvalue weighted by molar-refractivity contribution is -0.134. The Hall–Kier alpha value is -3.37. The molecule has 0 unspecified atom stereocenters. The zero-order valence-electron chi connectivity index (χ0n) is 19.2. The number of piperazine rings is 1. The summed E-state index contributed by atoms with van der Waals surface area (Å²) in [6.45, 7) is 3.02. The molecule has 0 aliphatic carbocycles. The summed E-state index contributed by atoms with van der Waals surface area (Å²) in [4.78, 5) is 45.2. The summed E-state index contributed by atoms with van der Waals surface area (Å²) in [5.74, 6) is 0.746. The maximum atomic E-state index is 12.6. The number of amides is 2. The van der Waals surface area contributed by atoms with Gasteiger partial charge in [-0.1, -0.05) is 11.6 Å². The van der Waals surface area contributed by atoms with Gasteiger partial charge in [0.05, 0.1) is 5.52 Å². The van der Waals surface area contributed by atoms with Crippen LogP contribution in [0.1, 0.15) is 12.8 Å². The summed E-state index contributed by atoms with van der Waals surface area (Å²) >= 11 is 5.88. The van der Waals surface area contributed by atoms with Crippen LogP contribution in [0.2, 0.25) is 5.02 Å². The quantitative estimate of drug-likeness (QED) is 0.546. The monoisotopic (exact) mass is 486 g/mol. The fourth-order valence-electron chi connectivity index (χ4n) is 3.84. The predicted molar refractivity (Wildman–Crippen MR) is 129 cm³/mol. The number of benzene rings is 1. The molecule has 10 nitrogen and oxygen atoms in total. The highest BCUT2D eigenvalue weighted by Crippen LogP contribution is 2.16. The average Bonchev–Trinajstić information content (AvgIpc) is 3.06. The Bertz CT molecular complexity index is 1240. The van der Waals surface area contributed by atoms with Crippen molar-refractivity contribution in [2.45, 2.75) is 12.8 Å². The maximum Gasteiger partial charge on any atom is 0.329 e. The third-order valence-electron chi connectivity index (χ3n) is 5.89. The van der Waals surface area contributed by atoms with Crippen molar-refractivity contribution in [3.05, 3.63) is 51.9 Å². The molecule has 34 heavy (non-hydrogen) atoms. The number of carbonyl (C=O) groups is 2. The van der Waals surface area contributed by atoms with Gasteiger partial charge in [-0.05, 0) is 36.4 Å². The fraction of sp³-hybridized carbons (Fsp3) is 0.391. The molecule has 0 radical (unpaired) electrons. The zero-order chi connectivity index (χ0) is 24.2. The minimum absolute atomic E-state index is 0.0534. The van der Waals surface area contributed by atoms with Crippen LogP contribution < -0.4 is 15.7 Å². The van der Waals surface area contributed by atoms with Crippen molar-refractivity contribution in [2.75, 3.05) is 38.2 Å². The van der Waals surface area contributed by atoms with Crippen molar-refractivity contribution in [3.63, 3.8) is 0 Å². The number of fused-ring (bicyclic) bond motifs is 1. The molecular formula is C23H27ClN6O4. The summed E-state index contributed by atoms with van der Waals surface area (Å²) in [5, 5.41) is 3.37. The lowest BCUT2D eigenvalue weighted by Crippen LogP contribution is -2.49. The lowest BCUT2D eigenvalue weighted by Gasteiger charge is -2.34. The van der Waals surface area contributed by atoms with E-state index in [4.69, 9.17) is 16.3 Å². The number of nitrogens with zero attached hydrogens (tertiary/aromatic N) is 5. The van der Waals surface area contributed by atoms with Crippen LogP contribution in [0.25, 0.3) is 11.2 Å². The van der Waals surface area contributed by atoms with Gasteiger partial charge in [0, 0.05) is 58.1 Å². The molecule has 180 valence electrons. The molecule has 1 aliphatic rings. The number of hydrogen-bond acceptors (Lipinski definition) is 6. The minimum atomic E-state index is -0.295. The smallest absolute Gasteiger partial charge is 0.329 e. The van der Waals surface area contributed by atoms with E-state index in [1.165, 1.54) is 9.13 Å². The molecule has 2 aromatic heterocycles. The van der Waals surface area contributed by atoms with Gasteiger partial charge in [-0.25, -0.2) is 9.78 Å². The summed E-state index contributed by atoms with van der Waals surface area (Å²) in [6.07, 6.45) is 0.186. The fourth-order valence-corrected chi connectivity index (χ4v) is 3.97. The van der Waals surface area contributed by atoms with Crippen LogP contribution >= 0.6 is 11.6 Å². The molecule has 0 bridgehead atoms. The average molecular weight is 487 g/mol. The van der Waals surface area contributed by atoms with Crippen molar-refractivity contribution < 1.29 is 14.3 Å². The van der Waals surface area contributed by atoms with E-state index in [1.807, 2.05) is 12.1 Å². The van der Waals surface area contributed by atoms with Crippen LogP contribution in [-0.2, 0) is 23.7 Å². The summed E-state index contributed by atoms with van der Waals surface area (Å²) in [6, 6.07) is 10.6. The Kier molecular flexibility index (Phi) is 7.18. The molecule has 0 saturated carbocycles. The highest BCUT2D eigenvalue weighted by Gasteiger charge is 2.22. The highest BCUT2D eigenvalue weighted by molar-refractivity contribution is 6.30. The molecule has 1 aliphatic heterocycles. The number of hydrogen-bond donors (Lipinski definition) is 1. The first kappa shape index (κ1) is 23.8. The van der Waals surface area contributed by atoms with Gasteiger partial charge in [-0.15, -0.1) is 0 Å². The number of aryl methyl sites for hydroxylation is 2. The largest absolute Gasteiger partial charge is 0.478 e. The Morgan fingerprint density at radius 2 is 1.71 bits per heavy atom. The molecule has 11 heteroatoms. The van der Waals surface area contributed by atoms with Gasteiger partial charge in [-0.2, -0.15) is 0 Å². The number of anilines is 1. The van der Waals surface area contributed by atoms with Gasteiger partial charge < -0.3 is 15.0 Å². The van der Waals surface area contributed by atoms with Gasteiger partial charge in [-0.3, -0.25) is 23.6 Å². The van der Waals surface area contributed by atoms with Crippen molar-refractivity contribution in [1.82, 2.24) is 23.9 Å². The molecule has 0 atom stereocenters. The van der Waals surface area contributed by atoms with Gasteiger partial charge in [0.15, 0.2) is 5.65 Å². The highest BCUT2D eigenvalue weighted by atomic mass is 35.5. The molecule has 1 N–H and O–H groups in total. The summed E-state index contributed by atoms with van der Waals surface area (Å²) in [5.41, 5.74) is 0.978. The Morgan fingerprint density at radius 3 is 2.41 bits per heavy atom. The maximum absolute atomic E-state index is 12.6. The van der Waals surface area contributed by atoms with E-state index in [2.05, 4.69) is 15.2 Å². The van der Waals surface area contributed by atoms with E-state index in [0.717, 1.165) is 5.75 Å². The SMILES string of the molecule is Cn1c(=O)n(C)c2nc(NC(=O)CCC(=O)N3CCN(COc4ccc(Cl)cc4)CC3)ccc21. The van der Waals surface area contributed by atoms with E-state index >= 15 is 0 Å². The number of ether oxygens (including phenoxy) is 1. The zero-order valence-corrected chi connectivity index (χ0v) is 19.9. The van der Waals surface area contributed by atoms with E-state index in [-0.39, 0.29) is 30.3 Å². The number of imidazole rings is 1. The second-order valence-corrected chi connectivity index (χ2v) is 8.65. The number of nitrogens with one attached hydrogen (secondary N) is 1.